The first-order valence-corrected chi connectivity index (χ1v) is 4.13. The molecule has 0 fully saturated rings. The highest BCUT2D eigenvalue weighted by Gasteiger charge is 2.10. The quantitative estimate of drug-likeness (QED) is 0.673. The number of nitrogens with zero attached hydrogens (tertiary/aromatic N) is 2. The molecule has 0 N–H and O–H groups in total. The molecule has 60 valence electrons. The summed E-state index contributed by atoms with van der Waals surface area (Å²) in [4.78, 5) is 17.0. The zero-order valence-corrected chi connectivity index (χ0v) is 7.74. The highest BCUT2D eigenvalue weighted by atomic mass is 35.5. The Kier molecular flexibility index (Phi) is 2.46. The van der Waals surface area contributed by atoms with Crippen LogP contribution in [0, 0.1) is 0 Å². The van der Waals surface area contributed by atoms with Gasteiger partial charge >= 0.3 is 0 Å². The Morgan fingerprint density at radius 3 is 2.73 bits per heavy atom. The van der Waals surface area contributed by atoms with Crippen molar-refractivity contribution in [3.05, 3.63) is 15.5 Å². The monoisotopic (exact) mass is 190 g/mol. The third-order valence-electron chi connectivity index (χ3n) is 1.09. The van der Waals surface area contributed by atoms with Crippen LogP contribution >= 0.6 is 22.9 Å². The third kappa shape index (κ3) is 1.91. The molecule has 0 saturated carbocycles. The van der Waals surface area contributed by atoms with Gasteiger partial charge in [-0.25, -0.2) is 4.98 Å². The van der Waals surface area contributed by atoms with E-state index in [9.17, 15) is 4.79 Å². The molecule has 0 aromatic carbocycles. The van der Waals surface area contributed by atoms with Gasteiger partial charge in [-0.1, -0.05) is 22.9 Å². The first kappa shape index (κ1) is 8.49. The molecule has 1 amide bonds. The van der Waals surface area contributed by atoms with E-state index in [4.69, 9.17) is 11.6 Å². The minimum absolute atomic E-state index is 0.0607. The topological polar surface area (TPSA) is 33.2 Å². The molecule has 0 atom stereocenters. The summed E-state index contributed by atoms with van der Waals surface area (Å²) in [7, 11) is 3.38. The van der Waals surface area contributed by atoms with Crippen LogP contribution in [0.1, 0.15) is 9.67 Å². The molecule has 0 aliphatic carbocycles. The van der Waals surface area contributed by atoms with E-state index in [0.29, 0.717) is 9.34 Å². The van der Waals surface area contributed by atoms with Crippen molar-refractivity contribution < 1.29 is 4.79 Å². The van der Waals surface area contributed by atoms with E-state index >= 15 is 0 Å². The predicted octanol–water partition coefficient (Wildman–Crippen LogP) is 1.50. The molecule has 0 aliphatic rings. The predicted molar refractivity (Wildman–Crippen MR) is 45.1 cm³/mol. The van der Waals surface area contributed by atoms with Gasteiger partial charge in [0.1, 0.15) is 4.88 Å². The fourth-order valence-corrected chi connectivity index (χ4v) is 1.53. The maximum absolute atomic E-state index is 11.2. The maximum atomic E-state index is 11.2. The summed E-state index contributed by atoms with van der Waals surface area (Å²) in [5, 5.41) is 0. The van der Waals surface area contributed by atoms with E-state index in [2.05, 4.69) is 4.98 Å². The van der Waals surface area contributed by atoms with Crippen molar-refractivity contribution in [2.24, 2.45) is 0 Å². The van der Waals surface area contributed by atoms with Gasteiger partial charge in [0, 0.05) is 14.1 Å². The van der Waals surface area contributed by atoms with Crippen LogP contribution in [0.2, 0.25) is 4.47 Å². The second-order valence-corrected chi connectivity index (χ2v) is 3.79. The number of rotatable bonds is 1. The molecular weight excluding hydrogens is 184 g/mol. The highest BCUT2D eigenvalue weighted by Crippen LogP contribution is 2.18. The lowest BCUT2D eigenvalue weighted by Crippen LogP contribution is -2.20. The van der Waals surface area contributed by atoms with Gasteiger partial charge in [0.25, 0.3) is 5.91 Å². The molecule has 3 nitrogen and oxygen atoms in total. The lowest BCUT2D eigenvalue weighted by atomic mass is 10.5. The van der Waals surface area contributed by atoms with Crippen molar-refractivity contribution in [3.63, 3.8) is 0 Å². The Morgan fingerprint density at radius 2 is 2.36 bits per heavy atom. The maximum Gasteiger partial charge on any atom is 0.265 e. The van der Waals surface area contributed by atoms with Crippen LogP contribution in [-0.2, 0) is 0 Å². The molecule has 5 heteroatoms. The fourth-order valence-electron chi connectivity index (χ4n) is 0.572. The zero-order chi connectivity index (χ0) is 8.43. The Balaban J connectivity index is 2.85. The summed E-state index contributed by atoms with van der Waals surface area (Å²) in [5.74, 6) is -0.0607. The molecule has 0 spiro atoms. The number of amides is 1. The van der Waals surface area contributed by atoms with Gasteiger partial charge in [0.15, 0.2) is 4.47 Å². The van der Waals surface area contributed by atoms with Crippen LogP contribution in [0.15, 0.2) is 6.20 Å². The van der Waals surface area contributed by atoms with Crippen molar-refractivity contribution in [2.75, 3.05) is 14.1 Å². The van der Waals surface area contributed by atoms with Gasteiger partial charge in [-0.15, -0.1) is 0 Å². The standard InChI is InChI=1S/C6H7ClN2OS/c1-9(2)5(10)4-3-8-6(7)11-4/h3H,1-2H3. The molecule has 1 rings (SSSR count). The second kappa shape index (κ2) is 3.19. The number of aromatic nitrogens is 1. The van der Waals surface area contributed by atoms with E-state index in [1.807, 2.05) is 0 Å². The van der Waals surface area contributed by atoms with E-state index in [1.165, 1.54) is 22.4 Å². The SMILES string of the molecule is CN(C)C(=O)c1cnc(Cl)s1. The van der Waals surface area contributed by atoms with Crippen LogP contribution in [0.3, 0.4) is 0 Å². The van der Waals surface area contributed by atoms with E-state index in [1.54, 1.807) is 14.1 Å². The molecule has 11 heavy (non-hydrogen) atoms. The van der Waals surface area contributed by atoms with Crippen molar-refractivity contribution in [2.45, 2.75) is 0 Å². The van der Waals surface area contributed by atoms with E-state index in [0.717, 1.165) is 0 Å². The Hall–Kier alpha value is -0.610. The molecular formula is C6H7ClN2OS. The van der Waals surface area contributed by atoms with Gasteiger partial charge in [-0.3, -0.25) is 4.79 Å². The van der Waals surface area contributed by atoms with Crippen molar-refractivity contribution in [3.8, 4) is 0 Å². The minimum Gasteiger partial charge on any atom is -0.344 e. The van der Waals surface area contributed by atoms with Crippen molar-refractivity contribution in [1.29, 1.82) is 0 Å². The minimum atomic E-state index is -0.0607. The third-order valence-corrected chi connectivity index (χ3v) is 2.20. The molecule has 1 aromatic rings. The average molecular weight is 191 g/mol. The molecule has 0 radical (unpaired) electrons. The van der Waals surface area contributed by atoms with Gasteiger partial charge in [-0.2, -0.15) is 0 Å². The Bertz CT molecular complexity index is 271. The summed E-state index contributed by atoms with van der Waals surface area (Å²) in [6.07, 6.45) is 1.48. The molecule has 0 bridgehead atoms. The van der Waals surface area contributed by atoms with Gasteiger partial charge in [0.05, 0.1) is 6.20 Å². The summed E-state index contributed by atoms with van der Waals surface area (Å²) < 4.78 is 0.398. The van der Waals surface area contributed by atoms with E-state index in [-0.39, 0.29) is 5.91 Å². The lowest BCUT2D eigenvalue weighted by Gasteiger charge is -2.06. The van der Waals surface area contributed by atoms with Gasteiger partial charge in [0.2, 0.25) is 0 Å². The molecule has 0 saturated heterocycles. The highest BCUT2D eigenvalue weighted by molar-refractivity contribution is 7.17. The van der Waals surface area contributed by atoms with Gasteiger partial charge < -0.3 is 4.90 Å². The number of carbonyl (C=O) groups excluding carboxylic acids is 1. The lowest BCUT2D eigenvalue weighted by molar-refractivity contribution is 0.0832. The normalized spacial score (nSPS) is 9.73. The number of halogens is 1. The largest absolute Gasteiger partial charge is 0.344 e. The zero-order valence-electron chi connectivity index (χ0n) is 6.17. The molecule has 1 heterocycles. The summed E-state index contributed by atoms with van der Waals surface area (Å²) in [6.45, 7) is 0. The summed E-state index contributed by atoms with van der Waals surface area (Å²) in [5.41, 5.74) is 0. The van der Waals surface area contributed by atoms with Crippen LogP contribution < -0.4 is 0 Å². The van der Waals surface area contributed by atoms with Gasteiger partial charge in [-0.05, 0) is 0 Å². The first-order valence-electron chi connectivity index (χ1n) is 2.94. The summed E-state index contributed by atoms with van der Waals surface area (Å²) in [6, 6.07) is 0. The smallest absolute Gasteiger partial charge is 0.265 e. The van der Waals surface area contributed by atoms with Crippen LogP contribution in [0.5, 0.6) is 0 Å². The molecule has 0 aliphatic heterocycles. The molecule has 1 aromatic heterocycles. The Labute approximate surface area is 73.6 Å². The van der Waals surface area contributed by atoms with E-state index < -0.39 is 0 Å². The summed E-state index contributed by atoms with van der Waals surface area (Å²) >= 11 is 6.73. The van der Waals surface area contributed by atoms with Crippen LogP contribution in [-0.4, -0.2) is 29.9 Å². The molecule has 0 unspecified atom stereocenters. The van der Waals surface area contributed by atoms with Crippen molar-refractivity contribution in [1.82, 2.24) is 9.88 Å². The van der Waals surface area contributed by atoms with Crippen LogP contribution in [0.25, 0.3) is 0 Å². The number of hydrogen-bond acceptors (Lipinski definition) is 3. The fraction of sp³-hybridized carbons (Fsp3) is 0.333. The Morgan fingerprint density at radius 1 is 1.73 bits per heavy atom. The average Bonchev–Trinajstić information content (AvgIpc) is 2.34. The number of hydrogen-bond donors (Lipinski definition) is 0. The second-order valence-electron chi connectivity index (χ2n) is 2.18. The first-order chi connectivity index (χ1) is 5.11. The number of thiazole rings is 1. The van der Waals surface area contributed by atoms with Crippen LogP contribution in [0.4, 0.5) is 0 Å². The van der Waals surface area contributed by atoms with Crippen molar-refractivity contribution >= 4 is 28.8 Å². The number of carbonyl (C=O) groups is 1.